The van der Waals surface area contributed by atoms with Crippen LogP contribution < -0.4 is 5.32 Å². The van der Waals surface area contributed by atoms with Crippen molar-refractivity contribution in [2.75, 3.05) is 26.3 Å². The summed E-state index contributed by atoms with van der Waals surface area (Å²) in [7, 11) is 0. The van der Waals surface area contributed by atoms with E-state index in [0.717, 1.165) is 4.90 Å². The summed E-state index contributed by atoms with van der Waals surface area (Å²) in [5.74, 6) is -0.984. The minimum Gasteiger partial charge on any atom is -0.381 e. The Balaban J connectivity index is 2.00. The largest absolute Gasteiger partial charge is 0.381 e. The van der Waals surface area contributed by atoms with Gasteiger partial charge in [-0.3, -0.25) is 24.1 Å². The van der Waals surface area contributed by atoms with Crippen LogP contribution in [-0.4, -0.2) is 52.7 Å². The second kappa shape index (κ2) is 9.61. The summed E-state index contributed by atoms with van der Waals surface area (Å²) >= 11 is 1.72. The number of carbonyl (C=O) groups excluding carboxylic acids is 4. The zero-order chi connectivity index (χ0) is 15.7. The van der Waals surface area contributed by atoms with Crippen molar-refractivity contribution in [3.05, 3.63) is 12.2 Å². The number of rotatable bonds is 10. The first-order chi connectivity index (χ1) is 10.0. The number of hydrogen-bond acceptors (Lipinski definition) is 5. The van der Waals surface area contributed by atoms with Gasteiger partial charge in [-0.25, -0.2) is 0 Å². The summed E-state index contributed by atoms with van der Waals surface area (Å²) in [6.07, 6.45) is 3.50. The normalized spacial score (nSPS) is 13.9. The Kier molecular flexibility index (Phi) is 8.13. The van der Waals surface area contributed by atoms with Crippen molar-refractivity contribution in [3.63, 3.8) is 0 Å². The van der Waals surface area contributed by atoms with Crippen molar-refractivity contribution in [1.82, 2.24) is 10.2 Å². The number of carbonyl (C=O) groups is 4. The lowest BCUT2D eigenvalue weighted by Gasteiger charge is -2.13. The summed E-state index contributed by atoms with van der Waals surface area (Å²) in [4.78, 5) is 45.7. The predicted molar refractivity (Wildman–Crippen MR) is 82.6 cm³/mol. The van der Waals surface area contributed by atoms with Gasteiger partial charge in [0.2, 0.25) is 5.91 Å². The van der Waals surface area contributed by atoms with Crippen molar-refractivity contribution >= 4 is 44.1 Å². The molecule has 1 aliphatic rings. The quantitative estimate of drug-likeness (QED) is 0.241. The molecule has 1 aliphatic heterocycles. The fourth-order valence-corrected chi connectivity index (χ4v) is 1.83. The lowest BCUT2D eigenvalue weighted by atomic mass is 10.3. The number of hydrogen-bond donors (Lipinski definition) is 1. The Morgan fingerprint density at radius 3 is 2.43 bits per heavy atom. The maximum Gasteiger partial charge on any atom is 0.253 e. The maximum absolute atomic E-state index is 11.5. The molecule has 0 unspecified atom stereocenters. The topological polar surface area (TPSA) is 92.8 Å². The molecule has 0 aliphatic carbocycles. The Hall–Kier alpha value is -1.29. The first kappa shape index (κ1) is 17.8. The molecule has 0 spiro atoms. The molecule has 0 radical (unpaired) electrons. The van der Waals surface area contributed by atoms with E-state index in [1.54, 1.807) is 22.6 Å². The lowest BCUT2D eigenvalue weighted by Crippen LogP contribution is -2.35. The van der Waals surface area contributed by atoms with E-state index in [-0.39, 0.29) is 34.5 Å². The van der Waals surface area contributed by atoms with Crippen LogP contribution >= 0.6 is 22.6 Å². The van der Waals surface area contributed by atoms with Crippen LogP contribution in [0.3, 0.4) is 0 Å². The molecule has 0 aromatic heterocycles. The third-order valence-corrected chi connectivity index (χ3v) is 3.23. The summed E-state index contributed by atoms with van der Waals surface area (Å²) in [6, 6.07) is 0. The van der Waals surface area contributed by atoms with E-state index in [4.69, 9.17) is 4.74 Å². The van der Waals surface area contributed by atoms with Crippen LogP contribution in [0.4, 0.5) is 0 Å². The van der Waals surface area contributed by atoms with Crippen molar-refractivity contribution in [2.45, 2.75) is 19.3 Å². The Morgan fingerprint density at radius 1 is 1.14 bits per heavy atom. The average Bonchev–Trinajstić information content (AvgIpc) is 2.74. The third-order valence-electron chi connectivity index (χ3n) is 2.69. The van der Waals surface area contributed by atoms with Crippen LogP contribution in [0.5, 0.6) is 0 Å². The van der Waals surface area contributed by atoms with Gasteiger partial charge in [0, 0.05) is 44.7 Å². The average molecular weight is 408 g/mol. The van der Waals surface area contributed by atoms with Gasteiger partial charge in [0.1, 0.15) is 0 Å². The smallest absolute Gasteiger partial charge is 0.253 e. The number of nitrogens with zero attached hydrogens (tertiary/aromatic N) is 1. The van der Waals surface area contributed by atoms with Crippen LogP contribution in [0.2, 0.25) is 0 Å². The molecule has 0 aromatic rings. The molecule has 0 atom stereocenters. The highest BCUT2D eigenvalue weighted by Crippen LogP contribution is 2.03. The highest BCUT2D eigenvalue weighted by atomic mass is 127. The van der Waals surface area contributed by atoms with Gasteiger partial charge in [-0.1, -0.05) is 0 Å². The second-order valence-electron chi connectivity index (χ2n) is 4.33. The molecular weight excluding hydrogens is 391 g/mol. The van der Waals surface area contributed by atoms with Gasteiger partial charge in [0.15, 0.2) is 3.79 Å². The maximum atomic E-state index is 11.5. The molecule has 3 amide bonds. The van der Waals surface area contributed by atoms with E-state index in [2.05, 4.69) is 5.32 Å². The van der Waals surface area contributed by atoms with E-state index >= 15 is 0 Å². The first-order valence-electron chi connectivity index (χ1n) is 6.57. The van der Waals surface area contributed by atoms with Crippen LogP contribution in [0.15, 0.2) is 12.2 Å². The molecule has 0 fully saturated rings. The SMILES string of the molecule is O=C(I)CCOCCCNC(=O)CCN1C(=O)C=CC1=O. The molecule has 21 heavy (non-hydrogen) atoms. The third kappa shape index (κ3) is 7.32. The molecule has 7 nitrogen and oxygen atoms in total. The summed E-state index contributed by atoms with van der Waals surface area (Å²) in [5.41, 5.74) is 0. The molecule has 1 heterocycles. The zero-order valence-electron chi connectivity index (χ0n) is 11.5. The number of nitrogens with one attached hydrogen (secondary N) is 1. The number of halogens is 1. The van der Waals surface area contributed by atoms with Crippen LogP contribution in [-0.2, 0) is 23.9 Å². The lowest BCUT2D eigenvalue weighted by molar-refractivity contribution is -0.137. The molecule has 8 heteroatoms. The molecule has 1 rings (SSSR count). The van der Waals surface area contributed by atoms with Crippen molar-refractivity contribution in [2.24, 2.45) is 0 Å². The number of ether oxygens (including phenoxy) is 1. The Morgan fingerprint density at radius 2 is 1.81 bits per heavy atom. The number of imide groups is 1. The van der Waals surface area contributed by atoms with Crippen molar-refractivity contribution in [3.8, 4) is 0 Å². The second-order valence-corrected chi connectivity index (χ2v) is 5.54. The molecule has 0 aromatic carbocycles. The molecule has 0 saturated heterocycles. The minimum absolute atomic E-state index is 0.0569. The highest BCUT2D eigenvalue weighted by molar-refractivity contribution is 14.1. The summed E-state index contributed by atoms with van der Waals surface area (Å²) in [5, 5.41) is 2.68. The van der Waals surface area contributed by atoms with Gasteiger partial charge < -0.3 is 10.1 Å². The van der Waals surface area contributed by atoms with Crippen LogP contribution in [0.1, 0.15) is 19.3 Å². The molecule has 0 bridgehead atoms. The number of amides is 3. The monoisotopic (exact) mass is 408 g/mol. The van der Waals surface area contributed by atoms with Crippen LogP contribution in [0, 0.1) is 0 Å². The van der Waals surface area contributed by atoms with Gasteiger partial charge in [-0.15, -0.1) is 0 Å². The van der Waals surface area contributed by atoms with E-state index < -0.39 is 0 Å². The first-order valence-corrected chi connectivity index (χ1v) is 7.65. The van der Waals surface area contributed by atoms with E-state index in [1.165, 1.54) is 12.2 Å². The van der Waals surface area contributed by atoms with Gasteiger partial charge in [-0.2, -0.15) is 0 Å². The van der Waals surface area contributed by atoms with Gasteiger partial charge in [-0.05, 0) is 29.0 Å². The molecular formula is C13H17IN2O5. The van der Waals surface area contributed by atoms with Crippen molar-refractivity contribution < 1.29 is 23.9 Å². The minimum atomic E-state index is -0.383. The fourth-order valence-electron chi connectivity index (χ4n) is 1.61. The summed E-state index contributed by atoms with van der Waals surface area (Å²) < 4.78 is 5.27. The molecule has 0 saturated carbocycles. The molecule has 116 valence electrons. The van der Waals surface area contributed by atoms with Crippen LogP contribution in [0.25, 0.3) is 0 Å². The van der Waals surface area contributed by atoms with Gasteiger partial charge in [0.25, 0.3) is 11.8 Å². The Bertz CT molecular complexity index is 432. The molecule has 1 N–H and O–H groups in total. The summed E-state index contributed by atoms with van der Waals surface area (Å²) in [6.45, 7) is 1.40. The standard InChI is InChI=1S/C13H17IN2O5/c14-10(17)5-9-21-8-1-6-15-11(18)4-7-16-12(19)2-3-13(16)20/h2-3H,1,4-9H2,(H,15,18). The predicted octanol–water partition coefficient (Wildman–Crippen LogP) is 0.176. The van der Waals surface area contributed by atoms with Gasteiger partial charge >= 0.3 is 0 Å². The zero-order valence-corrected chi connectivity index (χ0v) is 13.6. The van der Waals surface area contributed by atoms with Gasteiger partial charge in [0.05, 0.1) is 6.61 Å². The van der Waals surface area contributed by atoms with E-state index in [9.17, 15) is 19.2 Å². The van der Waals surface area contributed by atoms with Crippen molar-refractivity contribution in [1.29, 1.82) is 0 Å². The van der Waals surface area contributed by atoms with E-state index in [1.807, 2.05) is 0 Å². The fraction of sp³-hybridized carbons (Fsp3) is 0.538. The highest BCUT2D eigenvalue weighted by Gasteiger charge is 2.23. The Labute approximate surface area is 136 Å². The van der Waals surface area contributed by atoms with E-state index in [0.29, 0.717) is 32.6 Å².